The maximum Gasteiger partial charge on any atom is 0.332 e. The van der Waals surface area contributed by atoms with Crippen LogP contribution in [0.3, 0.4) is 0 Å². The Morgan fingerprint density at radius 1 is 1.50 bits per heavy atom. The number of hydrazone groups is 1. The number of urea groups is 1. The lowest BCUT2D eigenvalue weighted by Crippen LogP contribution is -2.25. The van der Waals surface area contributed by atoms with E-state index in [0.29, 0.717) is 0 Å². The van der Waals surface area contributed by atoms with Crippen molar-refractivity contribution in [3.05, 3.63) is 12.2 Å². The van der Waals surface area contributed by atoms with Gasteiger partial charge in [0.25, 0.3) is 0 Å². The van der Waals surface area contributed by atoms with Gasteiger partial charge in [-0.05, 0) is 43.6 Å². The zero-order chi connectivity index (χ0) is 9.97. The van der Waals surface area contributed by atoms with Gasteiger partial charge in [-0.3, -0.25) is 0 Å². The number of carbonyl (C=O) groups is 1. The molecule has 0 unspecified atom stereocenters. The van der Waals surface area contributed by atoms with Gasteiger partial charge in [-0.15, -0.1) is 0 Å². The number of rotatable bonds is 1. The van der Waals surface area contributed by atoms with Gasteiger partial charge in [0.15, 0.2) is 0 Å². The third kappa shape index (κ3) is 1.95. The summed E-state index contributed by atoms with van der Waals surface area (Å²) in [5.74, 6) is 1.59. The molecule has 0 aromatic rings. The summed E-state index contributed by atoms with van der Waals surface area (Å²) < 4.78 is 0. The molecule has 0 bridgehead atoms. The van der Waals surface area contributed by atoms with Gasteiger partial charge < -0.3 is 5.73 Å². The normalized spacial score (nSPS) is 33.0. The molecule has 0 aromatic heterocycles. The van der Waals surface area contributed by atoms with E-state index in [0.717, 1.165) is 24.0 Å². The van der Waals surface area contributed by atoms with Gasteiger partial charge in [0.1, 0.15) is 0 Å². The van der Waals surface area contributed by atoms with Crippen LogP contribution in [0.25, 0.3) is 0 Å². The van der Waals surface area contributed by atoms with E-state index >= 15 is 0 Å². The largest absolute Gasteiger partial charge is 0.350 e. The molecule has 0 spiro atoms. The highest BCUT2D eigenvalue weighted by atomic mass is 16.2. The van der Waals surface area contributed by atoms with Gasteiger partial charge in [0, 0.05) is 0 Å². The first kappa shape index (κ1) is 9.24. The van der Waals surface area contributed by atoms with Gasteiger partial charge >= 0.3 is 6.03 Å². The molecule has 4 nitrogen and oxygen atoms in total. The molecule has 14 heavy (non-hydrogen) atoms. The minimum atomic E-state index is -0.599. The molecule has 0 aliphatic heterocycles. The Bertz CT molecular complexity index is 296. The van der Waals surface area contributed by atoms with E-state index in [1.165, 1.54) is 19.3 Å². The van der Waals surface area contributed by atoms with Gasteiger partial charge in [0.2, 0.25) is 0 Å². The van der Waals surface area contributed by atoms with Crippen LogP contribution >= 0.6 is 0 Å². The molecule has 2 atom stereocenters. The minimum Gasteiger partial charge on any atom is -0.350 e. The van der Waals surface area contributed by atoms with E-state index in [2.05, 4.69) is 16.6 Å². The summed E-state index contributed by atoms with van der Waals surface area (Å²) in [4.78, 5) is 10.4. The number of hydrogen-bond donors (Lipinski definition) is 2. The maximum atomic E-state index is 10.4. The first-order chi connectivity index (χ1) is 6.75. The van der Waals surface area contributed by atoms with Crippen LogP contribution in [-0.2, 0) is 0 Å². The molecule has 1 saturated carbocycles. The van der Waals surface area contributed by atoms with Gasteiger partial charge in [0.05, 0.1) is 5.71 Å². The van der Waals surface area contributed by atoms with E-state index in [1.807, 2.05) is 6.08 Å². The molecule has 0 aromatic carbocycles. The second-order valence-corrected chi connectivity index (χ2v) is 3.98. The molecule has 76 valence electrons. The van der Waals surface area contributed by atoms with Crippen LogP contribution in [0.15, 0.2) is 17.3 Å². The third-order valence-electron chi connectivity index (χ3n) is 3.09. The molecular weight excluding hydrogens is 178 g/mol. The Morgan fingerprint density at radius 3 is 3.00 bits per heavy atom. The topological polar surface area (TPSA) is 67.5 Å². The molecule has 1 fully saturated rings. The number of hydrogen-bond acceptors (Lipinski definition) is 2. The number of nitrogens with zero attached hydrogens (tertiary/aromatic N) is 1. The zero-order valence-electron chi connectivity index (χ0n) is 8.07. The number of nitrogens with two attached hydrogens (primary N) is 1. The fraction of sp³-hybridized carbons (Fsp3) is 0.600. The predicted octanol–water partition coefficient (Wildman–Crippen LogP) is 1.39. The summed E-state index contributed by atoms with van der Waals surface area (Å²) in [6, 6.07) is -0.599. The average molecular weight is 193 g/mol. The van der Waals surface area contributed by atoms with Crippen LogP contribution in [0.5, 0.6) is 0 Å². The van der Waals surface area contributed by atoms with Crippen molar-refractivity contribution in [1.82, 2.24) is 5.43 Å². The summed E-state index contributed by atoms with van der Waals surface area (Å²) in [6.45, 7) is 0. The van der Waals surface area contributed by atoms with Gasteiger partial charge in [-0.2, -0.15) is 5.10 Å². The zero-order valence-corrected chi connectivity index (χ0v) is 8.07. The Morgan fingerprint density at radius 2 is 2.36 bits per heavy atom. The van der Waals surface area contributed by atoms with Crippen molar-refractivity contribution in [2.75, 3.05) is 0 Å². The molecule has 3 N–H and O–H groups in total. The monoisotopic (exact) mass is 193 g/mol. The highest BCUT2D eigenvalue weighted by molar-refractivity contribution is 5.95. The maximum absolute atomic E-state index is 10.4. The molecule has 0 heterocycles. The number of amides is 2. The van der Waals surface area contributed by atoms with E-state index in [-0.39, 0.29) is 0 Å². The SMILES string of the molecule is NC(=O)N/N=C1/C=C[C@@H]2CC[C@@H]2CC1. The fourth-order valence-electron chi connectivity index (χ4n) is 2.08. The Kier molecular flexibility index (Phi) is 2.52. The van der Waals surface area contributed by atoms with Crippen molar-refractivity contribution in [2.45, 2.75) is 25.7 Å². The van der Waals surface area contributed by atoms with Crippen molar-refractivity contribution in [2.24, 2.45) is 22.7 Å². The third-order valence-corrected chi connectivity index (χ3v) is 3.09. The van der Waals surface area contributed by atoms with E-state index in [1.54, 1.807) is 0 Å². The molecular formula is C10H15N3O. The van der Waals surface area contributed by atoms with Crippen LogP contribution in [-0.4, -0.2) is 11.7 Å². The molecule has 0 saturated heterocycles. The second kappa shape index (κ2) is 3.82. The summed E-state index contributed by atoms with van der Waals surface area (Å²) in [7, 11) is 0. The first-order valence-electron chi connectivity index (χ1n) is 5.06. The molecule has 2 rings (SSSR count). The lowest BCUT2D eigenvalue weighted by Gasteiger charge is -2.33. The number of fused-ring (bicyclic) bond motifs is 1. The molecule has 2 aliphatic carbocycles. The van der Waals surface area contributed by atoms with Crippen LogP contribution in [0.2, 0.25) is 0 Å². The van der Waals surface area contributed by atoms with Crippen molar-refractivity contribution in [3.63, 3.8) is 0 Å². The van der Waals surface area contributed by atoms with E-state index in [9.17, 15) is 4.79 Å². The van der Waals surface area contributed by atoms with Crippen LogP contribution in [0.1, 0.15) is 25.7 Å². The van der Waals surface area contributed by atoms with Crippen molar-refractivity contribution in [3.8, 4) is 0 Å². The first-order valence-corrected chi connectivity index (χ1v) is 5.06. The number of carbonyl (C=O) groups excluding carboxylic acids is 1. The average Bonchev–Trinajstić information content (AvgIpc) is 2.23. The molecule has 0 radical (unpaired) electrons. The van der Waals surface area contributed by atoms with Gasteiger partial charge in [-0.1, -0.05) is 6.08 Å². The van der Waals surface area contributed by atoms with Crippen LogP contribution < -0.4 is 11.2 Å². The minimum absolute atomic E-state index is 0.599. The summed E-state index contributed by atoms with van der Waals surface area (Å²) in [5.41, 5.74) is 8.13. The highest BCUT2D eigenvalue weighted by Gasteiger charge is 2.29. The lowest BCUT2D eigenvalue weighted by molar-refractivity contribution is 0.218. The fourth-order valence-corrected chi connectivity index (χ4v) is 2.08. The van der Waals surface area contributed by atoms with Crippen molar-refractivity contribution in [1.29, 1.82) is 0 Å². The van der Waals surface area contributed by atoms with Crippen LogP contribution in [0.4, 0.5) is 4.79 Å². The van der Waals surface area contributed by atoms with Crippen LogP contribution in [0, 0.1) is 11.8 Å². The van der Waals surface area contributed by atoms with Gasteiger partial charge in [-0.25, -0.2) is 10.2 Å². The number of allylic oxidation sites excluding steroid dienone is 2. The quantitative estimate of drug-likeness (QED) is 0.607. The highest BCUT2D eigenvalue weighted by Crippen LogP contribution is 2.40. The molecule has 4 heteroatoms. The summed E-state index contributed by atoms with van der Waals surface area (Å²) in [5, 5.41) is 3.94. The number of nitrogens with one attached hydrogen (secondary N) is 1. The summed E-state index contributed by atoms with van der Waals surface area (Å²) in [6.07, 6.45) is 8.99. The Hall–Kier alpha value is -1.32. The summed E-state index contributed by atoms with van der Waals surface area (Å²) >= 11 is 0. The standard InChI is InChI=1S/C10H15N3O/c11-10(14)13-12-9-5-3-7-1-2-8(7)4-6-9/h3,5,7-8H,1-2,4,6H2,(H3,11,13,14)/b12-9-/t7-,8+/m0/s1. The predicted molar refractivity (Wildman–Crippen MR) is 54.7 cm³/mol. The number of primary amides is 1. The van der Waals surface area contributed by atoms with Crippen molar-refractivity contribution < 1.29 is 4.79 Å². The molecule has 2 amide bonds. The van der Waals surface area contributed by atoms with E-state index < -0.39 is 6.03 Å². The Balaban J connectivity index is 1.97. The molecule has 2 aliphatic rings. The lowest BCUT2D eigenvalue weighted by atomic mass is 9.72. The Labute approximate surface area is 83.2 Å². The van der Waals surface area contributed by atoms with Crippen molar-refractivity contribution >= 4 is 11.7 Å². The smallest absolute Gasteiger partial charge is 0.332 e. The van der Waals surface area contributed by atoms with E-state index in [4.69, 9.17) is 5.73 Å². The second-order valence-electron chi connectivity index (χ2n) is 3.98.